The number of esters is 1. The molecule has 0 aliphatic rings. The molecule has 0 aliphatic carbocycles. The number of methoxy groups -OCH3 is 1. The number of rotatable bonds is 4. The highest BCUT2D eigenvalue weighted by atomic mass is 16.5. The standard InChI is InChI=1S/C18H16N2O2/c1-22-18(21)16-10-6-5-9-15(16)13-20-12-11-19-17(20)14-7-3-2-4-8-14/h2-12H,13H2,1H3. The maximum absolute atomic E-state index is 11.9. The highest BCUT2D eigenvalue weighted by molar-refractivity contribution is 5.91. The average molecular weight is 292 g/mol. The Morgan fingerprint density at radius 1 is 1.09 bits per heavy atom. The minimum atomic E-state index is -0.322. The van der Waals surface area contributed by atoms with Crippen molar-refractivity contribution in [3.8, 4) is 11.4 Å². The lowest BCUT2D eigenvalue weighted by atomic mass is 10.1. The van der Waals surface area contributed by atoms with Crippen molar-refractivity contribution < 1.29 is 9.53 Å². The van der Waals surface area contributed by atoms with E-state index >= 15 is 0 Å². The Kier molecular flexibility index (Phi) is 4.01. The molecule has 3 rings (SSSR count). The summed E-state index contributed by atoms with van der Waals surface area (Å²) in [7, 11) is 1.39. The predicted molar refractivity (Wildman–Crippen MR) is 84.5 cm³/mol. The Bertz CT molecular complexity index is 779. The fourth-order valence-corrected chi connectivity index (χ4v) is 2.44. The third-order valence-electron chi connectivity index (χ3n) is 3.51. The average Bonchev–Trinajstić information content (AvgIpc) is 3.03. The summed E-state index contributed by atoms with van der Waals surface area (Å²) in [5, 5.41) is 0. The van der Waals surface area contributed by atoms with E-state index in [4.69, 9.17) is 4.74 Å². The fraction of sp³-hybridized carbons (Fsp3) is 0.111. The summed E-state index contributed by atoms with van der Waals surface area (Å²) in [5.74, 6) is 0.553. The van der Waals surface area contributed by atoms with Crippen LogP contribution in [0.5, 0.6) is 0 Å². The molecule has 4 nitrogen and oxygen atoms in total. The number of aromatic nitrogens is 2. The number of ether oxygens (including phenoxy) is 1. The normalized spacial score (nSPS) is 10.4. The molecule has 0 N–H and O–H groups in total. The molecule has 0 aliphatic heterocycles. The number of imidazole rings is 1. The molecular formula is C18H16N2O2. The van der Waals surface area contributed by atoms with E-state index in [1.807, 2.05) is 59.3 Å². The number of nitrogens with zero attached hydrogens (tertiary/aromatic N) is 2. The molecule has 2 aromatic carbocycles. The topological polar surface area (TPSA) is 44.1 Å². The molecule has 0 saturated heterocycles. The molecule has 0 amide bonds. The number of carbonyl (C=O) groups is 1. The molecule has 22 heavy (non-hydrogen) atoms. The monoisotopic (exact) mass is 292 g/mol. The van der Waals surface area contributed by atoms with Gasteiger partial charge in [-0.2, -0.15) is 0 Å². The van der Waals surface area contributed by atoms with Crippen molar-refractivity contribution in [3.05, 3.63) is 78.1 Å². The van der Waals surface area contributed by atoms with Crippen LogP contribution in [-0.4, -0.2) is 22.6 Å². The first-order valence-corrected chi connectivity index (χ1v) is 7.02. The van der Waals surface area contributed by atoms with Crippen LogP contribution >= 0.6 is 0 Å². The largest absolute Gasteiger partial charge is 0.465 e. The lowest BCUT2D eigenvalue weighted by Gasteiger charge is -2.11. The van der Waals surface area contributed by atoms with Crippen molar-refractivity contribution in [2.24, 2.45) is 0 Å². The second kappa shape index (κ2) is 6.26. The molecule has 3 aromatic rings. The van der Waals surface area contributed by atoms with Crippen molar-refractivity contribution in [2.45, 2.75) is 6.54 Å². The molecule has 0 bridgehead atoms. The van der Waals surface area contributed by atoms with Gasteiger partial charge in [-0.25, -0.2) is 9.78 Å². The van der Waals surface area contributed by atoms with Crippen molar-refractivity contribution in [3.63, 3.8) is 0 Å². The van der Waals surface area contributed by atoms with Gasteiger partial charge in [-0.3, -0.25) is 0 Å². The summed E-state index contributed by atoms with van der Waals surface area (Å²) in [6.45, 7) is 0.565. The van der Waals surface area contributed by atoms with E-state index in [9.17, 15) is 4.79 Å². The highest BCUT2D eigenvalue weighted by Gasteiger charge is 2.13. The Hall–Kier alpha value is -2.88. The van der Waals surface area contributed by atoms with Gasteiger partial charge in [-0.1, -0.05) is 48.5 Å². The Morgan fingerprint density at radius 3 is 2.59 bits per heavy atom. The van der Waals surface area contributed by atoms with E-state index in [1.165, 1.54) is 7.11 Å². The van der Waals surface area contributed by atoms with Gasteiger partial charge < -0.3 is 9.30 Å². The van der Waals surface area contributed by atoms with Crippen LogP contribution in [-0.2, 0) is 11.3 Å². The predicted octanol–water partition coefficient (Wildman–Crippen LogP) is 3.39. The van der Waals surface area contributed by atoms with Crippen LogP contribution in [0, 0.1) is 0 Å². The van der Waals surface area contributed by atoms with Gasteiger partial charge in [0.25, 0.3) is 0 Å². The van der Waals surface area contributed by atoms with E-state index in [0.717, 1.165) is 17.0 Å². The first-order valence-electron chi connectivity index (χ1n) is 7.02. The van der Waals surface area contributed by atoms with Crippen molar-refractivity contribution >= 4 is 5.97 Å². The maximum atomic E-state index is 11.9. The van der Waals surface area contributed by atoms with Crippen LogP contribution < -0.4 is 0 Å². The summed E-state index contributed by atoms with van der Waals surface area (Å²) in [6.07, 6.45) is 3.68. The van der Waals surface area contributed by atoms with Crippen LogP contribution in [0.2, 0.25) is 0 Å². The lowest BCUT2D eigenvalue weighted by Crippen LogP contribution is -2.09. The third kappa shape index (κ3) is 2.76. The summed E-state index contributed by atoms with van der Waals surface area (Å²) in [6, 6.07) is 17.4. The minimum absolute atomic E-state index is 0.322. The molecule has 110 valence electrons. The smallest absolute Gasteiger partial charge is 0.338 e. The first kappa shape index (κ1) is 14.1. The summed E-state index contributed by atoms with van der Waals surface area (Å²) in [5.41, 5.74) is 2.53. The zero-order valence-corrected chi connectivity index (χ0v) is 12.3. The van der Waals surface area contributed by atoms with Crippen LogP contribution in [0.4, 0.5) is 0 Å². The van der Waals surface area contributed by atoms with Gasteiger partial charge >= 0.3 is 5.97 Å². The summed E-state index contributed by atoms with van der Waals surface area (Å²) >= 11 is 0. The van der Waals surface area contributed by atoms with Gasteiger partial charge in [0.2, 0.25) is 0 Å². The number of carbonyl (C=O) groups excluding carboxylic acids is 1. The molecule has 0 fully saturated rings. The van der Waals surface area contributed by atoms with Crippen molar-refractivity contribution in [2.75, 3.05) is 7.11 Å². The van der Waals surface area contributed by atoms with E-state index in [0.29, 0.717) is 12.1 Å². The van der Waals surface area contributed by atoms with Crippen LogP contribution in [0.1, 0.15) is 15.9 Å². The Labute approximate surface area is 129 Å². The van der Waals surface area contributed by atoms with Gasteiger partial charge in [0.15, 0.2) is 0 Å². The molecule has 4 heteroatoms. The van der Waals surface area contributed by atoms with E-state index in [2.05, 4.69) is 4.98 Å². The molecule has 0 saturated carbocycles. The van der Waals surface area contributed by atoms with Crippen LogP contribution in [0.25, 0.3) is 11.4 Å². The molecule has 1 heterocycles. The SMILES string of the molecule is COC(=O)c1ccccc1Cn1ccnc1-c1ccccc1. The van der Waals surface area contributed by atoms with Crippen molar-refractivity contribution in [1.82, 2.24) is 9.55 Å². The van der Waals surface area contributed by atoms with E-state index < -0.39 is 0 Å². The number of benzene rings is 2. The Morgan fingerprint density at radius 2 is 1.82 bits per heavy atom. The lowest BCUT2D eigenvalue weighted by molar-refractivity contribution is 0.0599. The fourth-order valence-electron chi connectivity index (χ4n) is 2.44. The minimum Gasteiger partial charge on any atom is -0.465 e. The summed E-state index contributed by atoms with van der Waals surface area (Å²) in [4.78, 5) is 16.3. The van der Waals surface area contributed by atoms with Gasteiger partial charge in [-0.15, -0.1) is 0 Å². The third-order valence-corrected chi connectivity index (χ3v) is 3.51. The van der Waals surface area contributed by atoms with Gasteiger partial charge in [0, 0.05) is 24.5 Å². The molecule has 0 spiro atoms. The second-order valence-corrected chi connectivity index (χ2v) is 4.89. The first-order chi connectivity index (χ1) is 10.8. The van der Waals surface area contributed by atoms with Crippen LogP contribution in [0.3, 0.4) is 0 Å². The molecular weight excluding hydrogens is 276 g/mol. The van der Waals surface area contributed by atoms with Gasteiger partial charge in [0.05, 0.1) is 12.7 Å². The van der Waals surface area contributed by atoms with Gasteiger partial charge in [0.1, 0.15) is 5.82 Å². The molecule has 0 atom stereocenters. The molecule has 0 radical (unpaired) electrons. The highest BCUT2D eigenvalue weighted by Crippen LogP contribution is 2.19. The quantitative estimate of drug-likeness (QED) is 0.692. The molecule has 0 unspecified atom stereocenters. The van der Waals surface area contributed by atoms with Crippen LogP contribution in [0.15, 0.2) is 67.0 Å². The zero-order valence-electron chi connectivity index (χ0n) is 12.3. The Balaban J connectivity index is 1.96. The van der Waals surface area contributed by atoms with E-state index in [1.54, 1.807) is 12.3 Å². The molecule has 1 aromatic heterocycles. The number of hydrogen-bond acceptors (Lipinski definition) is 3. The number of hydrogen-bond donors (Lipinski definition) is 0. The van der Waals surface area contributed by atoms with Crippen molar-refractivity contribution in [1.29, 1.82) is 0 Å². The van der Waals surface area contributed by atoms with E-state index in [-0.39, 0.29) is 5.97 Å². The summed E-state index contributed by atoms with van der Waals surface area (Å²) < 4.78 is 6.87. The zero-order chi connectivity index (χ0) is 15.4. The van der Waals surface area contributed by atoms with Gasteiger partial charge in [-0.05, 0) is 11.6 Å². The second-order valence-electron chi connectivity index (χ2n) is 4.89. The maximum Gasteiger partial charge on any atom is 0.338 e.